The maximum Gasteiger partial charge on any atom is 0.333 e. The van der Waals surface area contributed by atoms with Gasteiger partial charge in [0.25, 0.3) is 0 Å². The Balaban J connectivity index is 5.30. The van der Waals surface area contributed by atoms with E-state index in [4.69, 9.17) is 9.47 Å². The van der Waals surface area contributed by atoms with Crippen LogP contribution in [0.4, 0.5) is 0 Å². The summed E-state index contributed by atoms with van der Waals surface area (Å²) in [5.74, 6) is -0.587. The minimum absolute atomic E-state index is 0.133. The van der Waals surface area contributed by atoms with Crippen molar-refractivity contribution in [1.82, 2.24) is 0 Å². The topological polar surface area (TPSA) is 52.6 Å². The van der Waals surface area contributed by atoms with Gasteiger partial charge in [-0.2, -0.15) is 0 Å². The molecule has 0 heterocycles. The molecule has 0 saturated carbocycles. The Bertz CT molecular complexity index is 466. The second-order valence-electron chi connectivity index (χ2n) is 6.29. The number of carbonyl (C=O) groups is 2. The minimum Gasteiger partial charge on any atom is -0.453 e. The van der Waals surface area contributed by atoms with Gasteiger partial charge in [0.05, 0.1) is 6.10 Å². The number of ketones is 1. The molecular formula is C18H30O4. The summed E-state index contributed by atoms with van der Waals surface area (Å²) >= 11 is 0. The lowest BCUT2D eigenvalue weighted by Gasteiger charge is -2.39. The molecule has 0 radical (unpaired) electrons. The van der Waals surface area contributed by atoms with E-state index in [1.54, 1.807) is 27.7 Å². The monoisotopic (exact) mass is 310 g/mol. The van der Waals surface area contributed by atoms with Crippen LogP contribution in [-0.4, -0.2) is 29.1 Å². The van der Waals surface area contributed by atoms with Crippen LogP contribution in [0, 0.1) is 0 Å². The summed E-state index contributed by atoms with van der Waals surface area (Å²) in [5.41, 5.74) is -1.02. The molecule has 0 rings (SSSR count). The van der Waals surface area contributed by atoms with E-state index in [1.165, 1.54) is 0 Å². The Morgan fingerprint density at radius 3 is 1.86 bits per heavy atom. The maximum absolute atomic E-state index is 12.3. The van der Waals surface area contributed by atoms with Gasteiger partial charge in [-0.05, 0) is 53.0 Å². The van der Waals surface area contributed by atoms with Crippen molar-refractivity contribution in [3.05, 3.63) is 24.3 Å². The molecule has 4 nitrogen and oxygen atoms in total. The van der Waals surface area contributed by atoms with Crippen molar-refractivity contribution in [2.75, 3.05) is 0 Å². The van der Waals surface area contributed by atoms with Crippen molar-refractivity contribution >= 4 is 11.8 Å². The summed E-state index contributed by atoms with van der Waals surface area (Å²) in [6.45, 7) is 19.7. The fraction of sp³-hybridized carbons (Fsp3) is 0.667. The van der Waals surface area contributed by atoms with Crippen LogP contribution in [0.3, 0.4) is 0 Å². The van der Waals surface area contributed by atoms with Gasteiger partial charge in [0, 0.05) is 5.57 Å². The number of hydrogen-bond acceptors (Lipinski definition) is 4. The SMILES string of the molecule is C=C(C)C(=O)OC(C)(CC)C(C)OC(C)(CC)C(=O)C(=C)C. The fourth-order valence-electron chi connectivity index (χ4n) is 2.01. The standard InChI is InChI=1S/C18H30O4/c1-10-17(8,22-16(20)13(5)6)14(7)21-18(9,11-2)15(19)12(3)4/h14H,3,5,10-11H2,1-2,4,6-9H3. The molecule has 0 aromatic carbocycles. The summed E-state index contributed by atoms with van der Waals surface area (Å²) < 4.78 is 11.6. The molecule has 126 valence electrons. The molecule has 22 heavy (non-hydrogen) atoms. The molecule has 0 aromatic heterocycles. The Kier molecular flexibility index (Phi) is 7.23. The second kappa shape index (κ2) is 7.73. The Labute approximate surface area is 134 Å². The molecule has 0 aliphatic carbocycles. The first kappa shape index (κ1) is 20.6. The quantitative estimate of drug-likeness (QED) is 0.477. The molecule has 0 saturated heterocycles. The second-order valence-corrected chi connectivity index (χ2v) is 6.29. The number of rotatable bonds is 9. The van der Waals surface area contributed by atoms with Gasteiger partial charge in [-0.15, -0.1) is 0 Å². The zero-order chi connectivity index (χ0) is 17.7. The first-order chi connectivity index (χ1) is 9.93. The van der Waals surface area contributed by atoms with E-state index in [0.29, 0.717) is 24.0 Å². The van der Waals surface area contributed by atoms with Crippen LogP contribution in [0.25, 0.3) is 0 Å². The number of Topliss-reactive ketones (excluding diaryl/α,β-unsaturated/α-hetero) is 1. The molecule has 0 bridgehead atoms. The summed E-state index contributed by atoms with van der Waals surface area (Å²) in [5, 5.41) is 0. The van der Waals surface area contributed by atoms with E-state index >= 15 is 0 Å². The van der Waals surface area contributed by atoms with E-state index in [9.17, 15) is 9.59 Å². The lowest BCUT2D eigenvalue weighted by molar-refractivity contribution is -0.190. The van der Waals surface area contributed by atoms with Crippen LogP contribution in [-0.2, 0) is 19.1 Å². The summed E-state index contributed by atoms with van der Waals surface area (Å²) in [6.07, 6.45) is 0.625. The Morgan fingerprint density at radius 2 is 1.55 bits per heavy atom. The number of ether oxygens (including phenoxy) is 2. The smallest absolute Gasteiger partial charge is 0.333 e. The molecule has 0 aliphatic rings. The average molecular weight is 310 g/mol. The Hall–Kier alpha value is -1.42. The van der Waals surface area contributed by atoms with Crippen LogP contribution in [0.5, 0.6) is 0 Å². The van der Waals surface area contributed by atoms with Gasteiger partial charge in [0.1, 0.15) is 11.2 Å². The van der Waals surface area contributed by atoms with Crippen molar-refractivity contribution in [2.24, 2.45) is 0 Å². The van der Waals surface area contributed by atoms with Crippen LogP contribution in [0.1, 0.15) is 61.3 Å². The van der Waals surface area contributed by atoms with Crippen LogP contribution in [0.2, 0.25) is 0 Å². The van der Waals surface area contributed by atoms with Gasteiger partial charge >= 0.3 is 5.97 Å². The highest BCUT2D eigenvalue weighted by atomic mass is 16.6. The van der Waals surface area contributed by atoms with Gasteiger partial charge in [0.15, 0.2) is 5.78 Å². The third-order valence-electron chi connectivity index (χ3n) is 4.22. The normalized spacial score (nSPS) is 17.8. The van der Waals surface area contributed by atoms with Gasteiger partial charge in [0.2, 0.25) is 0 Å². The lowest BCUT2D eigenvalue weighted by Crippen LogP contribution is -2.50. The molecule has 3 unspecified atom stereocenters. The third-order valence-corrected chi connectivity index (χ3v) is 4.22. The molecule has 0 fully saturated rings. The predicted molar refractivity (Wildman–Crippen MR) is 88.7 cm³/mol. The van der Waals surface area contributed by atoms with E-state index in [-0.39, 0.29) is 5.78 Å². The van der Waals surface area contributed by atoms with Crippen molar-refractivity contribution in [3.8, 4) is 0 Å². The zero-order valence-corrected chi connectivity index (χ0v) is 15.0. The predicted octanol–water partition coefficient (Wildman–Crippen LogP) is 3.99. The van der Waals surface area contributed by atoms with Crippen molar-refractivity contribution in [2.45, 2.75) is 78.6 Å². The largest absolute Gasteiger partial charge is 0.453 e. The third kappa shape index (κ3) is 4.80. The van der Waals surface area contributed by atoms with E-state index in [0.717, 1.165) is 0 Å². The average Bonchev–Trinajstić information content (AvgIpc) is 2.45. The summed E-state index contributed by atoms with van der Waals surface area (Å²) in [7, 11) is 0. The van der Waals surface area contributed by atoms with Crippen molar-refractivity contribution in [1.29, 1.82) is 0 Å². The molecular weight excluding hydrogens is 280 g/mol. The molecule has 4 heteroatoms. The van der Waals surface area contributed by atoms with Gasteiger partial charge in [-0.1, -0.05) is 27.0 Å². The van der Waals surface area contributed by atoms with E-state index in [2.05, 4.69) is 13.2 Å². The van der Waals surface area contributed by atoms with Gasteiger partial charge < -0.3 is 9.47 Å². The van der Waals surface area contributed by atoms with Crippen LogP contribution < -0.4 is 0 Å². The lowest BCUT2D eigenvalue weighted by atomic mass is 9.90. The van der Waals surface area contributed by atoms with Gasteiger partial charge in [-0.3, -0.25) is 4.79 Å². The van der Waals surface area contributed by atoms with E-state index < -0.39 is 23.3 Å². The van der Waals surface area contributed by atoms with Crippen molar-refractivity contribution < 1.29 is 19.1 Å². The number of hydrogen-bond donors (Lipinski definition) is 0. The molecule has 0 aliphatic heterocycles. The number of carbonyl (C=O) groups excluding carboxylic acids is 2. The minimum atomic E-state index is -0.975. The highest BCUT2D eigenvalue weighted by Gasteiger charge is 2.41. The Morgan fingerprint density at radius 1 is 1.05 bits per heavy atom. The summed E-state index contributed by atoms with van der Waals surface area (Å²) in [4.78, 5) is 24.2. The highest BCUT2D eigenvalue weighted by Crippen LogP contribution is 2.30. The maximum atomic E-state index is 12.3. The zero-order valence-electron chi connectivity index (χ0n) is 15.0. The number of esters is 1. The van der Waals surface area contributed by atoms with Crippen LogP contribution >= 0.6 is 0 Å². The molecule has 0 N–H and O–H groups in total. The molecule has 0 aromatic rings. The fourth-order valence-corrected chi connectivity index (χ4v) is 2.01. The van der Waals surface area contributed by atoms with Crippen molar-refractivity contribution in [3.63, 3.8) is 0 Å². The highest BCUT2D eigenvalue weighted by molar-refractivity contribution is 6.00. The first-order valence-electron chi connectivity index (χ1n) is 7.70. The molecule has 0 spiro atoms. The first-order valence-corrected chi connectivity index (χ1v) is 7.70. The van der Waals surface area contributed by atoms with Gasteiger partial charge in [-0.25, -0.2) is 4.79 Å². The summed E-state index contributed by atoms with van der Waals surface area (Å²) in [6, 6.07) is 0. The van der Waals surface area contributed by atoms with Crippen LogP contribution in [0.15, 0.2) is 24.3 Å². The van der Waals surface area contributed by atoms with E-state index in [1.807, 2.05) is 20.8 Å². The molecule has 0 amide bonds. The molecule has 3 atom stereocenters.